The molecule has 2 aliphatic carbocycles. The third kappa shape index (κ3) is 3.62. The normalized spacial score (nSPS) is 29.4. The molecule has 2 bridgehead atoms. The van der Waals surface area contributed by atoms with E-state index in [1.165, 1.54) is 47.2 Å². The Morgan fingerprint density at radius 3 is 2.74 bits per heavy atom. The van der Waals surface area contributed by atoms with Crippen LogP contribution in [0.3, 0.4) is 0 Å². The number of hydrogen-bond donors (Lipinski definition) is 2. The van der Waals surface area contributed by atoms with Crippen LogP contribution in [0.25, 0.3) is 6.08 Å². The van der Waals surface area contributed by atoms with Gasteiger partial charge in [0.1, 0.15) is 6.10 Å². The number of aliphatic hydroxyl groups is 1. The first-order valence-electron chi connectivity index (χ1n) is 13.8. The fourth-order valence-electron chi connectivity index (χ4n) is 7.70. The number of amides is 1. The van der Waals surface area contributed by atoms with Gasteiger partial charge in [-0.05, 0) is 73.7 Å². The number of methoxy groups -OCH3 is 1. The van der Waals surface area contributed by atoms with Gasteiger partial charge in [-0.15, -0.1) is 0 Å². The molecule has 1 saturated heterocycles. The smallest absolute Gasteiger partial charge is 0.244 e. The Morgan fingerprint density at radius 1 is 1.21 bits per heavy atom. The highest BCUT2D eigenvalue weighted by Crippen LogP contribution is 2.65. The number of carbonyl (C=O) groups is 1. The van der Waals surface area contributed by atoms with Gasteiger partial charge in [0.15, 0.2) is 11.5 Å². The van der Waals surface area contributed by atoms with Crippen molar-refractivity contribution in [3.8, 4) is 17.6 Å². The summed E-state index contributed by atoms with van der Waals surface area (Å²) in [4.78, 5) is 13.1. The fraction of sp³-hybridized carbons (Fsp3) is 0.355. The number of sulfonamides is 1. The molecule has 2 fully saturated rings. The Hall–Kier alpha value is -4.11. The fourth-order valence-corrected chi connectivity index (χ4v) is 9.37. The molecular weight excluding hydrogens is 558 g/mol. The van der Waals surface area contributed by atoms with Gasteiger partial charge in [0.2, 0.25) is 15.9 Å². The first-order valence-corrected chi connectivity index (χ1v) is 15.3. The summed E-state index contributed by atoms with van der Waals surface area (Å²) in [6.45, 7) is 0.159. The highest BCUT2D eigenvalue weighted by atomic mass is 32.2. The van der Waals surface area contributed by atoms with Gasteiger partial charge < -0.3 is 24.3 Å². The predicted octanol–water partition coefficient (Wildman–Crippen LogP) is 2.90. The highest BCUT2D eigenvalue weighted by molar-refractivity contribution is 7.89. The number of piperidine rings is 1. The van der Waals surface area contributed by atoms with Crippen LogP contribution >= 0.6 is 0 Å². The monoisotopic (exact) mass is 587 g/mol. The van der Waals surface area contributed by atoms with Crippen LogP contribution in [0, 0.1) is 11.3 Å². The zero-order valence-corrected chi connectivity index (χ0v) is 23.6. The van der Waals surface area contributed by atoms with Gasteiger partial charge in [0.05, 0.1) is 59.3 Å². The van der Waals surface area contributed by atoms with E-state index in [2.05, 4.69) is 5.32 Å². The third-order valence-corrected chi connectivity index (χ3v) is 11.4. The van der Waals surface area contributed by atoms with Crippen LogP contribution in [0.4, 0.5) is 0 Å². The largest absolute Gasteiger partial charge is 0.493 e. The lowest BCUT2D eigenvalue weighted by molar-refractivity contribution is -0.177. The molecule has 216 valence electrons. The Labute approximate surface area is 243 Å². The molecule has 2 aromatic carbocycles. The van der Waals surface area contributed by atoms with Crippen LogP contribution in [-0.4, -0.2) is 61.2 Å². The van der Waals surface area contributed by atoms with Gasteiger partial charge >= 0.3 is 0 Å². The third-order valence-electron chi connectivity index (χ3n) is 9.51. The van der Waals surface area contributed by atoms with E-state index in [1.54, 1.807) is 19.3 Å². The Kier molecular flexibility index (Phi) is 6.03. The minimum atomic E-state index is -4.00. The SMILES string of the molecule is COc1ccc2c3c1O[C@@H]1[C@@H](NC(=O)/C=C/c4ccoc4)CC[C@]4(O)[C@H](C2)N(S(=O)(=O)c2ccc(C#N)cc2)CC[C@@]314. The van der Waals surface area contributed by atoms with E-state index in [9.17, 15) is 23.6 Å². The summed E-state index contributed by atoms with van der Waals surface area (Å²) in [6, 6.07) is 12.2. The van der Waals surface area contributed by atoms with Gasteiger partial charge in [-0.3, -0.25) is 4.79 Å². The second kappa shape index (κ2) is 9.46. The summed E-state index contributed by atoms with van der Waals surface area (Å²) in [7, 11) is -2.43. The van der Waals surface area contributed by atoms with Gasteiger partial charge in [-0.1, -0.05) is 6.07 Å². The molecule has 1 saturated carbocycles. The average Bonchev–Trinajstić information content (AvgIpc) is 3.63. The van der Waals surface area contributed by atoms with Gasteiger partial charge in [0.25, 0.3) is 0 Å². The number of benzene rings is 2. The molecule has 5 atom stereocenters. The Bertz CT molecular complexity index is 1750. The molecule has 3 aromatic rings. The van der Waals surface area contributed by atoms with Crippen molar-refractivity contribution in [2.75, 3.05) is 13.7 Å². The maximum atomic E-state index is 14.0. The Morgan fingerprint density at radius 2 is 2.02 bits per heavy atom. The van der Waals surface area contributed by atoms with Gasteiger partial charge in [-0.25, -0.2) is 8.42 Å². The molecule has 4 aliphatic rings. The summed E-state index contributed by atoms with van der Waals surface area (Å²) in [5, 5.41) is 25.0. The number of nitrogens with one attached hydrogen (secondary N) is 1. The van der Waals surface area contributed by atoms with Crippen molar-refractivity contribution in [3.05, 3.63) is 83.3 Å². The second-order valence-corrected chi connectivity index (χ2v) is 13.2. The lowest BCUT2D eigenvalue weighted by Crippen LogP contribution is -2.78. The molecule has 0 unspecified atom stereocenters. The van der Waals surface area contributed by atoms with E-state index in [-0.39, 0.29) is 23.8 Å². The molecule has 7 rings (SSSR count). The lowest BCUT2D eigenvalue weighted by atomic mass is 9.48. The van der Waals surface area contributed by atoms with Crippen LogP contribution in [-0.2, 0) is 26.7 Å². The zero-order chi connectivity index (χ0) is 29.3. The molecule has 11 heteroatoms. The first kappa shape index (κ1) is 26.8. The molecule has 3 heterocycles. The number of nitrogens with zero attached hydrogens (tertiary/aromatic N) is 2. The lowest BCUT2D eigenvalue weighted by Gasteiger charge is -2.63. The molecule has 1 amide bonds. The first-order chi connectivity index (χ1) is 20.2. The minimum absolute atomic E-state index is 0.0758. The van der Waals surface area contributed by atoms with E-state index in [4.69, 9.17) is 13.9 Å². The zero-order valence-electron chi connectivity index (χ0n) is 22.8. The number of furan rings is 1. The molecule has 10 nitrogen and oxygen atoms in total. The van der Waals surface area contributed by atoms with Crippen molar-refractivity contribution in [2.24, 2.45) is 0 Å². The highest BCUT2D eigenvalue weighted by Gasteiger charge is 2.74. The number of hydrogen-bond acceptors (Lipinski definition) is 8. The van der Waals surface area contributed by atoms with E-state index in [1.807, 2.05) is 18.2 Å². The van der Waals surface area contributed by atoms with Crippen LogP contribution in [0.1, 0.15) is 41.5 Å². The molecule has 2 N–H and O–H groups in total. The number of rotatable bonds is 6. The molecule has 1 spiro atoms. The van der Waals surface area contributed by atoms with E-state index in [0.717, 1.165) is 16.7 Å². The van der Waals surface area contributed by atoms with Crippen LogP contribution < -0.4 is 14.8 Å². The standard InChI is InChI=1S/C31H29N3O7S/c1-39-24-8-5-21-16-25-31(36)12-10-23(33-26(35)9-4-20-11-15-40-18-20)29-30(31,27(21)28(24)41-29)13-14-34(25)42(37,38)22-6-2-19(17-32)3-7-22/h2-9,11,15,18,23,25,29,36H,10,12-14,16H2,1H3,(H,33,35)/b9-4+/t23-,25-,29+,30+,31-/m0/s1. The van der Waals surface area contributed by atoms with E-state index in [0.29, 0.717) is 36.3 Å². The summed E-state index contributed by atoms with van der Waals surface area (Å²) >= 11 is 0. The summed E-state index contributed by atoms with van der Waals surface area (Å²) in [5.74, 6) is 0.786. The van der Waals surface area contributed by atoms with Gasteiger partial charge in [-0.2, -0.15) is 9.57 Å². The maximum absolute atomic E-state index is 14.0. The topological polar surface area (TPSA) is 142 Å². The quantitative estimate of drug-likeness (QED) is 0.420. The summed E-state index contributed by atoms with van der Waals surface area (Å²) < 4.78 is 46.8. The van der Waals surface area contributed by atoms with Crippen molar-refractivity contribution in [3.63, 3.8) is 0 Å². The van der Waals surface area contributed by atoms with Crippen LogP contribution in [0.15, 0.2) is 70.4 Å². The molecule has 2 aliphatic heterocycles. The van der Waals surface area contributed by atoms with Crippen molar-refractivity contribution in [1.29, 1.82) is 5.26 Å². The van der Waals surface area contributed by atoms with E-state index >= 15 is 0 Å². The van der Waals surface area contributed by atoms with E-state index < -0.39 is 39.2 Å². The molecule has 42 heavy (non-hydrogen) atoms. The molecule has 0 radical (unpaired) electrons. The number of ether oxygens (including phenoxy) is 2. The summed E-state index contributed by atoms with van der Waals surface area (Å²) in [5.41, 5.74) is 0.476. The average molecular weight is 588 g/mol. The number of nitriles is 1. The molecular formula is C31H29N3O7S. The van der Waals surface area contributed by atoms with Crippen molar-refractivity contribution in [1.82, 2.24) is 9.62 Å². The molecule has 1 aromatic heterocycles. The van der Waals surface area contributed by atoms with Crippen molar-refractivity contribution in [2.45, 2.75) is 59.8 Å². The van der Waals surface area contributed by atoms with Crippen LogP contribution in [0.5, 0.6) is 11.5 Å². The van der Waals surface area contributed by atoms with Crippen molar-refractivity contribution >= 4 is 22.0 Å². The summed E-state index contributed by atoms with van der Waals surface area (Å²) in [6.07, 6.45) is 6.79. The van der Waals surface area contributed by atoms with Crippen LogP contribution in [0.2, 0.25) is 0 Å². The maximum Gasteiger partial charge on any atom is 0.244 e. The second-order valence-electron chi connectivity index (χ2n) is 11.3. The van der Waals surface area contributed by atoms with Crippen molar-refractivity contribution < 1.29 is 32.2 Å². The Balaban J connectivity index is 1.29. The predicted molar refractivity (Wildman–Crippen MR) is 150 cm³/mol. The minimum Gasteiger partial charge on any atom is -0.493 e. The van der Waals surface area contributed by atoms with Gasteiger partial charge in [0, 0.05) is 23.7 Å². The number of carbonyl (C=O) groups excluding carboxylic acids is 1.